The molecule has 0 saturated carbocycles. The summed E-state index contributed by atoms with van der Waals surface area (Å²) in [5.74, 6) is 0.564. The number of imidazole rings is 1. The van der Waals surface area contributed by atoms with E-state index in [9.17, 15) is 9.59 Å². The molecule has 3 atom stereocenters. The molecule has 0 spiro atoms. The van der Waals surface area contributed by atoms with Crippen LogP contribution in [-0.2, 0) is 17.9 Å². The van der Waals surface area contributed by atoms with Gasteiger partial charge in [-0.2, -0.15) is 0 Å². The Bertz CT molecular complexity index is 900. The summed E-state index contributed by atoms with van der Waals surface area (Å²) in [6.45, 7) is 9.63. The van der Waals surface area contributed by atoms with E-state index in [0.29, 0.717) is 18.3 Å². The number of carbonyl (C=O) groups excluding carboxylic acids is 2. The molecule has 0 fully saturated rings. The molecule has 1 aromatic carbocycles. The van der Waals surface area contributed by atoms with Crippen LogP contribution in [0.5, 0.6) is 0 Å². The molecule has 162 valence electrons. The van der Waals surface area contributed by atoms with Crippen LogP contribution in [-0.4, -0.2) is 58.9 Å². The van der Waals surface area contributed by atoms with Crippen molar-refractivity contribution in [1.82, 2.24) is 25.1 Å². The molecule has 3 unspecified atom stereocenters. The molecule has 2 heterocycles. The lowest BCUT2D eigenvalue weighted by atomic mass is 9.82. The van der Waals surface area contributed by atoms with E-state index in [1.165, 1.54) is 0 Å². The van der Waals surface area contributed by atoms with E-state index in [1.807, 2.05) is 51.1 Å². The molecular formula is C23H33N5O2. The van der Waals surface area contributed by atoms with Gasteiger partial charge in [0.2, 0.25) is 0 Å². The number of likely N-dealkylation sites (N-methyl/N-ethyl adjacent to an activating group) is 2. The fourth-order valence-corrected chi connectivity index (χ4v) is 4.00. The molecule has 3 rings (SSSR count). The van der Waals surface area contributed by atoms with Gasteiger partial charge in [-0.3, -0.25) is 9.69 Å². The summed E-state index contributed by atoms with van der Waals surface area (Å²) >= 11 is 0. The van der Waals surface area contributed by atoms with Crippen molar-refractivity contribution in [3.8, 4) is 11.4 Å². The van der Waals surface area contributed by atoms with Gasteiger partial charge in [-0.05, 0) is 26.4 Å². The van der Waals surface area contributed by atoms with Crippen LogP contribution in [0.3, 0.4) is 0 Å². The predicted molar refractivity (Wildman–Crippen MR) is 118 cm³/mol. The third-order valence-corrected chi connectivity index (χ3v) is 5.98. The van der Waals surface area contributed by atoms with Crippen LogP contribution in [0.4, 0.5) is 0 Å². The Morgan fingerprint density at radius 2 is 1.93 bits per heavy atom. The second-order valence-corrected chi connectivity index (χ2v) is 9.24. The topological polar surface area (TPSA) is 79.3 Å². The molecule has 0 bridgehead atoms. The third-order valence-electron chi connectivity index (χ3n) is 5.98. The molecule has 1 aromatic heterocycles. The molecule has 1 aliphatic rings. The van der Waals surface area contributed by atoms with Gasteiger partial charge in [0.15, 0.2) is 5.69 Å². The van der Waals surface area contributed by atoms with Crippen molar-refractivity contribution in [1.29, 1.82) is 0 Å². The van der Waals surface area contributed by atoms with Crippen molar-refractivity contribution in [3.05, 3.63) is 41.7 Å². The van der Waals surface area contributed by atoms with E-state index < -0.39 is 6.04 Å². The lowest BCUT2D eigenvalue weighted by Gasteiger charge is -2.35. The summed E-state index contributed by atoms with van der Waals surface area (Å²) in [6.07, 6.45) is 0.851. The molecule has 0 saturated heterocycles. The maximum atomic E-state index is 13.4. The Morgan fingerprint density at radius 3 is 2.50 bits per heavy atom. The zero-order valence-corrected chi connectivity index (χ0v) is 18.8. The minimum Gasteiger partial charge on any atom is -0.345 e. The molecule has 30 heavy (non-hydrogen) atoms. The number of hydrogen-bond donors (Lipinski definition) is 2. The van der Waals surface area contributed by atoms with Crippen LogP contribution in [0.2, 0.25) is 0 Å². The van der Waals surface area contributed by atoms with Crippen molar-refractivity contribution in [3.63, 3.8) is 0 Å². The second kappa shape index (κ2) is 8.70. The third kappa shape index (κ3) is 4.32. The van der Waals surface area contributed by atoms with Crippen LogP contribution in [0.25, 0.3) is 11.4 Å². The first-order valence-electron chi connectivity index (χ1n) is 10.5. The number of amides is 1. The Hall–Kier alpha value is -2.51. The smallest absolute Gasteiger partial charge is 0.272 e. The first-order chi connectivity index (χ1) is 14.2. The Labute approximate surface area is 178 Å². The summed E-state index contributed by atoms with van der Waals surface area (Å²) in [4.78, 5) is 32.0. The lowest BCUT2D eigenvalue weighted by molar-refractivity contribution is -0.110. The Morgan fingerprint density at radius 1 is 1.27 bits per heavy atom. The molecule has 7 nitrogen and oxygen atoms in total. The molecule has 0 aliphatic carbocycles. The second-order valence-electron chi connectivity index (χ2n) is 9.24. The van der Waals surface area contributed by atoms with E-state index in [1.54, 1.807) is 7.05 Å². The standard InChI is InChI=1S/C23H33N5O2/c1-15-12-28-18(13-27(15)6)19(25-21(28)16-10-8-7-9-11-16)22(30)26-20(23(2,3)4)17(14-29)24-5/h7-11,14-15,17,20,24H,12-13H2,1-6H3,(H,26,30). The molecule has 7 heteroatoms. The van der Waals surface area contributed by atoms with Crippen LogP contribution >= 0.6 is 0 Å². The number of nitrogens with one attached hydrogen (secondary N) is 2. The van der Waals surface area contributed by atoms with Crippen molar-refractivity contribution >= 4 is 12.2 Å². The summed E-state index contributed by atoms with van der Waals surface area (Å²) in [7, 11) is 3.79. The van der Waals surface area contributed by atoms with Gasteiger partial charge >= 0.3 is 0 Å². The fourth-order valence-electron chi connectivity index (χ4n) is 4.00. The highest BCUT2D eigenvalue weighted by molar-refractivity contribution is 5.95. The first kappa shape index (κ1) is 22.2. The van der Waals surface area contributed by atoms with Gasteiger partial charge in [0.25, 0.3) is 5.91 Å². The highest BCUT2D eigenvalue weighted by atomic mass is 16.2. The summed E-state index contributed by atoms with van der Waals surface area (Å²) < 4.78 is 2.16. The van der Waals surface area contributed by atoms with Gasteiger partial charge in [-0.15, -0.1) is 0 Å². The average molecular weight is 412 g/mol. The van der Waals surface area contributed by atoms with E-state index in [-0.39, 0.29) is 17.4 Å². The Kier molecular flexibility index (Phi) is 6.43. The van der Waals surface area contributed by atoms with Crippen molar-refractivity contribution in [2.75, 3.05) is 14.1 Å². The van der Waals surface area contributed by atoms with Crippen LogP contribution < -0.4 is 10.6 Å². The van der Waals surface area contributed by atoms with Crippen LogP contribution in [0, 0.1) is 5.41 Å². The lowest BCUT2D eigenvalue weighted by Crippen LogP contribution is -2.56. The SMILES string of the molecule is CNC(C=O)C(NC(=O)c1nc(-c2ccccc2)n2c1CN(C)C(C)C2)C(C)(C)C. The number of rotatable bonds is 6. The molecule has 0 radical (unpaired) electrons. The Balaban J connectivity index is 2.03. The van der Waals surface area contributed by atoms with Gasteiger partial charge in [0.1, 0.15) is 12.1 Å². The van der Waals surface area contributed by atoms with Crippen molar-refractivity contribution in [2.45, 2.75) is 58.9 Å². The maximum absolute atomic E-state index is 13.4. The molecule has 1 amide bonds. The van der Waals surface area contributed by atoms with Gasteiger partial charge in [-0.1, -0.05) is 51.1 Å². The minimum atomic E-state index is -0.483. The van der Waals surface area contributed by atoms with Crippen LogP contribution in [0.1, 0.15) is 43.9 Å². The van der Waals surface area contributed by atoms with Crippen molar-refractivity contribution < 1.29 is 9.59 Å². The number of aromatic nitrogens is 2. The van der Waals surface area contributed by atoms with E-state index >= 15 is 0 Å². The van der Waals surface area contributed by atoms with Gasteiger partial charge in [0.05, 0.1) is 17.8 Å². The average Bonchev–Trinajstić information content (AvgIpc) is 3.06. The fraction of sp³-hybridized carbons (Fsp3) is 0.522. The predicted octanol–water partition coefficient (Wildman–Crippen LogP) is 2.32. The van der Waals surface area contributed by atoms with E-state index in [2.05, 4.69) is 34.1 Å². The van der Waals surface area contributed by atoms with Gasteiger partial charge < -0.3 is 20.0 Å². The van der Waals surface area contributed by atoms with E-state index in [4.69, 9.17) is 4.98 Å². The highest BCUT2D eigenvalue weighted by Gasteiger charge is 2.36. The van der Waals surface area contributed by atoms with Gasteiger partial charge in [-0.25, -0.2) is 4.98 Å². The number of benzene rings is 1. The number of hydrogen-bond acceptors (Lipinski definition) is 5. The zero-order valence-electron chi connectivity index (χ0n) is 18.8. The number of aldehydes is 1. The molecule has 1 aliphatic heterocycles. The minimum absolute atomic E-state index is 0.245. The molecule has 2 aromatic rings. The summed E-state index contributed by atoms with van der Waals surface area (Å²) in [5, 5.41) is 6.09. The normalized spacial score (nSPS) is 19.1. The molecular weight excluding hydrogens is 378 g/mol. The maximum Gasteiger partial charge on any atom is 0.272 e. The van der Waals surface area contributed by atoms with Crippen LogP contribution in [0.15, 0.2) is 30.3 Å². The number of nitrogens with zero attached hydrogens (tertiary/aromatic N) is 3. The number of carbonyl (C=O) groups is 2. The summed E-state index contributed by atoms with van der Waals surface area (Å²) in [6, 6.07) is 9.45. The molecule has 2 N–H and O–H groups in total. The van der Waals surface area contributed by atoms with E-state index in [0.717, 1.165) is 29.9 Å². The monoisotopic (exact) mass is 411 g/mol. The van der Waals surface area contributed by atoms with Crippen molar-refractivity contribution in [2.24, 2.45) is 5.41 Å². The number of fused-ring (bicyclic) bond motifs is 1. The zero-order chi connectivity index (χ0) is 22.1. The first-order valence-corrected chi connectivity index (χ1v) is 10.5. The highest BCUT2D eigenvalue weighted by Crippen LogP contribution is 2.29. The quantitative estimate of drug-likeness (QED) is 0.713. The summed E-state index contributed by atoms with van der Waals surface area (Å²) in [5.41, 5.74) is 2.02. The largest absolute Gasteiger partial charge is 0.345 e. The van der Waals surface area contributed by atoms with Gasteiger partial charge in [0, 0.05) is 24.7 Å².